The number of hydrogen-bond acceptors (Lipinski definition) is 6. The molecule has 6 heteroatoms. The average molecular weight is 455 g/mol. The van der Waals surface area contributed by atoms with Crippen molar-refractivity contribution < 1.29 is 9.47 Å². The van der Waals surface area contributed by atoms with Crippen molar-refractivity contribution >= 4 is 22.4 Å². The van der Waals surface area contributed by atoms with E-state index in [1.54, 1.807) is 6.33 Å². The average Bonchev–Trinajstić information content (AvgIpc) is 2.85. The standard InChI is InChI=1S/C28H30N4O2/c1-20-7-6-10-22(15-20)31-28-27-25(29-19-30-28)16-24(33-18-21-8-4-3-5-9-21)17-26(27)34-23-11-13-32(2)14-12-23/h3-10,15-17,19,23H,11-14,18H2,1-2H3,(H,29,30,31). The Morgan fingerprint density at radius 3 is 2.59 bits per heavy atom. The van der Waals surface area contributed by atoms with Crippen molar-refractivity contribution in [3.8, 4) is 11.5 Å². The Kier molecular flexibility index (Phi) is 6.58. The van der Waals surface area contributed by atoms with Gasteiger partial charge in [-0.05, 0) is 50.1 Å². The Morgan fingerprint density at radius 2 is 1.79 bits per heavy atom. The van der Waals surface area contributed by atoms with E-state index in [1.807, 2.05) is 42.5 Å². The Hall–Kier alpha value is -3.64. The molecule has 0 atom stereocenters. The topological polar surface area (TPSA) is 59.5 Å². The molecule has 1 aliphatic heterocycles. The molecule has 0 aliphatic carbocycles. The van der Waals surface area contributed by atoms with Crippen LogP contribution >= 0.6 is 0 Å². The van der Waals surface area contributed by atoms with Crippen molar-refractivity contribution in [3.05, 3.63) is 84.2 Å². The highest BCUT2D eigenvalue weighted by molar-refractivity contribution is 5.96. The van der Waals surface area contributed by atoms with Gasteiger partial charge in [0.25, 0.3) is 0 Å². The maximum Gasteiger partial charge on any atom is 0.145 e. The van der Waals surface area contributed by atoms with E-state index < -0.39 is 0 Å². The van der Waals surface area contributed by atoms with Gasteiger partial charge in [-0.25, -0.2) is 9.97 Å². The lowest BCUT2D eigenvalue weighted by atomic mass is 10.1. The van der Waals surface area contributed by atoms with Crippen LogP contribution < -0.4 is 14.8 Å². The molecule has 2 heterocycles. The van der Waals surface area contributed by atoms with Gasteiger partial charge in [-0.1, -0.05) is 42.5 Å². The molecule has 5 rings (SSSR count). The van der Waals surface area contributed by atoms with Gasteiger partial charge in [0, 0.05) is 30.9 Å². The first-order chi connectivity index (χ1) is 16.6. The lowest BCUT2D eigenvalue weighted by molar-refractivity contribution is 0.115. The number of anilines is 2. The first-order valence-corrected chi connectivity index (χ1v) is 11.8. The third-order valence-electron chi connectivity index (χ3n) is 6.16. The van der Waals surface area contributed by atoms with E-state index in [0.717, 1.165) is 65.4 Å². The van der Waals surface area contributed by atoms with E-state index in [1.165, 1.54) is 5.56 Å². The predicted molar refractivity (Wildman–Crippen MR) is 136 cm³/mol. The van der Waals surface area contributed by atoms with Gasteiger partial charge in [0.1, 0.15) is 36.4 Å². The fourth-order valence-electron chi connectivity index (χ4n) is 4.28. The molecule has 0 radical (unpaired) electrons. The summed E-state index contributed by atoms with van der Waals surface area (Å²) < 4.78 is 12.7. The van der Waals surface area contributed by atoms with Crippen molar-refractivity contribution in [2.24, 2.45) is 0 Å². The number of likely N-dealkylation sites (tertiary alicyclic amines) is 1. The van der Waals surface area contributed by atoms with Crippen LogP contribution in [0.5, 0.6) is 11.5 Å². The van der Waals surface area contributed by atoms with Gasteiger partial charge in [0.15, 0.2) is 0 Å². The van der Waals surface area contributed by atoms with Crippen molar-refractivity contribution in [2.75, 3.05) is 25.5 Å². The molecular formula is C28H30N4O2. The molecule has 1 aliphatic rings. The fourth-order valence-corrected chi connectivity index (χ4v) is 4.28. The van der Waals surface area contributed by atoms with Gasteiger partial charge in [0.05, 0.1) is 10.9 Å². The van der Waals surface area contributed by atoms with Crippen LogP contribution in [-0.4, -0.2) is 41.1 Å². The first-order valence-electron chi connectivity index (χ1n) is 11.8. The number of hydrogen-bond donors (Lipinski definition) is 1. The molecule has 0 bridgehead atoms. The minimum atomic E-state index is 0.149. The molecule has 34 heavy (non-hydrogen) atoms. The molecule has 0 spiro atoms. The van der Waals surface area contributed by atoms with Crippen LogP contribution in [0, 0.1) is 6.92 Å². The Balaban J connectivity index is 1.50. The molecule has 4 aromatic rings. The number of piperidine rings is 1. The smallest absolute Gasteiger partial charge is 0.145 e. The second-order valence-corrected chi connectivity index (χ2v) is 8.93. The summed E-state index contributed by atoms with van der Waals surface area (Å²) in [6.07, 6.45) is 3.71. The highest BCUT2D eigenvalue weighted by Crippen LogP contribution is 2.37. The summed E-state index contributed by atoms with van der Waals surface area (Å²) in [6, 6.07) is 22.4. The van der Waals surface area contributed by atoms with Crippen LogP contribution in [0.3, 0.4) is 0 Å². The van der Waals surface area contributed by atoms with Crippen LogP contribution in [0.4, 0.5) is 11.5 Å². The van der Waals surface area contributed by atoms with Crippen molar-refractivity contribution in [2.45, 2.75) is 32.5 Å². The van der Waals surface area contributed by atoms with E-state index in [4.69, 9.17) is 9.47 Å². The normalized spacial score (nSPS) is 14.8. The molecule has 3 aromatic carbocycles. The highest BCUT2D eigenvalue weighted by Gasteiger charge is 2.21. The molecule has 0 amide bonds. The van der Waals surface area contributed by atoms with Crippen LogP contribution in [0.15, 0.2) is 73.1 Å². The number of rotatable bonds is 7. The first kappa shape index (κ1) is 22.2. The lowest BCUT2D eigenvalue weighted by Crippen LogP contribution is -2.35. The largest absolute Gasteiger partial charge is 0.489 e. The Bertz CT molecular complexity index is 1250. The highest BCUT2D eigenvalue weighted by atomic mass is 16.5. The number of benzene rings is 3. The quantitative estimate of drug-likeness (QED) is 0.385. The summed E-state index contributed by atoms with van der Waals surface area (Å²) in [7, 11) is 2.15. The fraction of sp³-hybridized carbons (Fsp3) is 0.286. The number of nitrogens with zero attached hydrogens (tertiary/aromatic N) is 3. The van der Waals surface area contributed by atoms with E-state index in [2.05, 4.69) is 58.4 Å². The molecule has 6 nitrogen and oxygen atoms in total. The predicted octanol–water partition coefficient (Wildman–Crippen LogP) is 5.73. The summed E-state index contributed by atoms with van der Waals surface area (Å²) in [5.74, 6) is 2.22. The summed E-state index contributed by atoms with van der Waals surface area (Å²) in [4.78, 5) is 11.5. The molecule has 1 aromatic heterocycles. The Labute approximate surface area is 200 Å². The minimum absolute atomic E-state index is 0.149. The molecule has 1 N–H and O–H groups in total. The molecule has 1 saturated heterocycles. The van der Waals surface area contributed by atoms with E-state index in [-0.39, 0.29) is 6.10 Å². The summed E-state index contributed by atoms with van der Waals surface area (Å²) in [5, 5.41) is 4.34. The second-order valence-electron chi connectivity index (χ2n) is 8.93. The zero-order valence-corrected chi connectivity index (χ0v) is 19.7. The third kappa shape index (κ3) is 5.29. The number of aryl methyl sites for hydroxylation is 1. The molecule has 0 saturated carbocycles. The van der Waals surface area contributed by atoms with Crippen LogP contribution in [0.25, 0.3) is 10.9 Å². The number of nitrogens with one attached hydrogen (secondary N) is 1. The SMILES string of the molecule is Cc1cccc(Nc2ncnc3cc(OCc4ccccc4)cc(OC4CCN(C)CC4)c23)c1. The maximum absolute atomic E-state index is 6.59. The number of ether oxygens (including phenoxy) is 2. The van der Waals surface area contributed by atoms with Gasteiger partial charge >= 0.3 is 0 Å². The van der Waals surface area contributed by atoms with Gasteiger partial charge in [-0.15, -0.1) is 0 Å². The van der Waals surface area contributed by atoms with E-state index in [9.17, 15) is 0 Å². The van der Waals surface area contributed by atoms with Gasteiger partial charge in [-0.3, -0.25) is 0 Å². The molecule has 1 fully saturated rings. The summed E-state index contributed by atoms with van der Waals surface area (Å²) >= 11 is 0. The second kappa shape index (κ2) is 10.1. The van der Waals surface area contributed by atoms with Crippen molar-refractivity contribution in [1.82, 2.24) is 14.9 Å². The van der Waals surface area contributed by atoms with Gasteiger partial charge in [-0.2, -0.15) is 0 Å². The molecular weight excluding hydrogens is 424 g/mol. The van der Waals surface area contributed by atoms with E-state index >= 15 is 0 Å². The minimum Gasteiger partial charge on any atom is -0.489 e. The Morgan fingerprint density at radius 1 is 0.971 bits per heavy atom. The summed E-state index contributed by atoms with van der Waals surface area (Å²) in [5.41, 5.74) is 4.07. The third-order valence-corrected chi connectivity index (χ3v) is 6.16. The van der Waals surface area contributed by atoms with E-state index in [0.29, 0.717) is 6.61 Å². The maximum atomic E-state index is 6.59. The van der Waals surface area contributed by atoms with Crippen molar-refractivity contribution in [1.29, 1.82) is 0 Å². The lowest BCUT2D eigenvalue weighted by Gasteiger charge is -2.30. The monoisotopic (exact) mass is 454 g/mol. The van der Waals surface area contributed by atoms with Crippen LogP contribution in [0.1, 0.15) is 24.0 Å². The zero-order chi connectivity index (χ0) is 23.3. The van der Waals surface area contributed by atoms with Crippen LogP contribution in [0.2, 0.25) is 0 Å². The van der Waals surface area contributed by atoms with Crippen LogP contribution in [-0.2, 0) is 6.61 Å². The van der Waals surface area contributed by atoms with Gasteiger partial charge < -0.3 is 19.7 Å². The zero-order valence-electron chi connectivity index (χ0n) is 19.7. The summed E-state index contributed by atoms with van der Waals surface area (Å²) in [6.45, 7) is 4.61. The molecule has 0 unspecified atom stereocenters. The van der Waals surface area contributed by atoms with Gasteiger partial charge in [0.2, 0.25) is 0 Å². The van der Waals surface area contributed by atoms with Crippen molar-refractivity contribution in [3.63, 3.8) is 0 Å². The molecule has 174 valence electrons. The number of aromatic nitrogens is 2. The number of fused-ring (bicyclic) bond motifs is 1.